The van der Waals surface area contributed by atoms with Gasteiger partial charge in [0, 0.05) is 28.9 Å². The van der Waals surface area contributed by atoms with Crippen LogP contribution in [-0.2, 0) is 0 Å². The molecule has 2 aromatic heterocycles. The van der Waals surface area contributed by atoms with Crippen molar-refractivity contribution in [1.82, 2.24) is 0 Å². The van der Waals surface area contributed by atoms with Crippen LogP contribution in [0.4, 0.5) is 11.4 Å². The van der Waals surface area contributed by atoms with Gasteiger partial charge in [-0.3, -0.25) is 19.7 Å². The zero-order chi connectivity index (χ0) is 23.4. The van der Waals surface area contributed by atoms with Crippen molar-refractivity contribution in [2.45, 2.75) is 6.92 Å². The van der Waals surface area contributed by atoms with Crippen molar-refractivity contribution in [3.63, 3.8) is 0 Å². The summed E-state index contributed by atoms with van der Waals surface area (Å²) in [7, 11) is 0. The maximum absolute atomic E-state index is 12.5. The monoisotopic (exact) mass is 442 g/mol. The number of nitrogens with zero attached hydrogens (tertiary/aromatic N) is 1. The van der Waals surface area contributed by atoms with Gasteiger partial charge in [0.2, 0.25) is 0 Å². The van der Waals surface area contributed by atoms with E-state index < -0.39 is 4.92 Å². The van der Waals surface area contributed by atoms with Crippen molar-refractivity contribution >= 4 is 29.1 Å². The molecule has 4 rings (SSSR count). The molecule has 8 heteroatoms. The van der Waals surface area contributed by atoms with Gasteiger partial charge in [-0.15, -0.1) is 0 Å². The summed E-state index contributed by atoms with van der Waals surface area (Å²) < 4.78 is 10.8. The molecule has 0 radical (unpaired) electrons. The zero-order valence-corrected chi connectivity index (χ0v) is 17.5. The highest BCUT2D eigenvalue weighted by molar-refractivity contribution is 6.08. The Balaban J connectivity index is 1.39. The summed E-state index contributed by atoms with van der Waals surface area (Å²) >= 11 is 0. The van der Waals surface area contributed by atoms with E-state index in [-0.39, 0.29) is 17.4 Å². The molecular formula is C25H18N2O6. The van der Waals surface area contributed by atoms with E-state index in [4.69, 9.17) is 8.83 Å². The average Bonchev–Trinajstić information content (AvgIpc) is 3.47. The summed E-state index contributed by atoms with van der Waals surface area (Å²) in [4.78, 5) is 35.0. The molecule has 0 bridgehead atoms. The number of ketones is 1. The van der Waals surface area contributed by atoms with Gasteiger partial charge in [-0.2, -0.15) is 0 Å². The number of non-ortho nitro benzene ring substituents is 1. The van der Waals surface area contributed by atoms with E-state index >= 15 is 0 Å². The Kier molecular flexibility index (Phi) is 5.99. The number of furan rings is 2. The fraction of sp³-hybridized carbons (Fsp3) is 0.0400. The Labute approximate surface area is 188 Å². The number of nitrogens with one attached hydrogen (secondary N) is 1. The minimum Gasteiger partial charge on any atom is -0.469 e. The van der Waals surface area contributed by atoms with Crippen LogP contribution >= 0.6 is 0 Å². The Bertz CT molecular complexity index is 1340. The highest BCUT2D eigenvalue weighted by atomic mass is 16.6. The van der Waals surface area contributed by atoms with E-state index in [1.54, 1.807) is 67.6 Å². The molecule has 1 amide bonds. The summed E-state index contributed by atoms with van der Waals surface area (Å²) in [6, 6.07) is 17.6. The number of carbonyl (C=O) groups excluding carboxylic acids is 2. The summed E-state index contributed by atoms with van der Waals surface area (Å²) in [5.74, 6) is 1.01. The fourth-order valence-corrected chi connectivity index (χ4v) is 3.14. The van der Waals surface area contributed by atoms with Crippen molar-refractivity contribution in [3.05, 3.63) is 112 Å². The fourth-order valence-electron chi connectivity index (χ4n) is 3.14. The number of anilines is 1. The van der Waals surface area contributed by atoms with E-state index in [9.17, 15) is 19.7 Å². The molecule has 0 saturated carbocycles. The van der Waals surface area contributed by atoms with Gasteiger partial charge in [-0.05, 0) is 73.7 Å². The number of benzene rings is 2. The molecule has 0 unspecified atom stereocenters. The molecule has 2 heterocycles. The van der Waals surface area contributed by atoms with E-state index in [0.29, 0.717) is 39.7 Å². The van der Waals surface area contributed by atoms with Crippen LogP contribution in [0.3, 0.4) is 0 Å². The van der Waals surface area contributed by atoms with Crippen LogP contribution in [0.5, 0.6) is 0 Å². The van der Waals surface area contributed by atoms with Gasteiger partial charge >= 0.3 is 0 Å². The average molecular weight is 442 g/mol. The normalized spacial score (nSPS) is 10.9. The standard InChI is InChI=1S/C25H18N2O6/c1-16-22(14-15-32-16)25(29)26-19-6-2-17(3-7-19)23(28)12-10-21-11-13-24(33-21)18-4-8-20(9-5-18)27(30)31/h2-15H,1H3,(H,26,29)/b12-10+. The number of carbonyl (C=O) groups is 2. The van der Waals surface area contributed by atoms with Crippen molar-refractivity contribution in [3.8, 4) is 11.3 Å². The Morgan fingerprint density at radius 3 is 2.33 bits per heavy atom. The predicted octanol–water partition coefficient (Wildman–Crippen LogP) is 5.90. The molecule has 0 aliphatic heterocycles. The van der Waals surface area contributed by atoms with Crippen LogP contribution in [0.25, 0.3) is 17.4 Å². The molecule has 0 aliphatic rings. The largest absolute Gasteiger partial charge is 0.469 e. The number of hydrogen-bond donors (Lipinski definition) is 1. The van der Waals surface area contributed by atoms with Crippen molar-refractivity contribution in [1.29, 1.82) is 0 Å². The second kappa shape index (κ2) is 9.19. The smallest absolute Gasteiger partial charge is 0.269 e. The van der Waals surface area contributed by atoms with Crippen LogP contribution in [0.15, 0.2) is 87.9 Å². The lowest BCUT2D eigenvalue weighted by Gasteiger charge is -2.05. The van der Waals surface area contributed by atoms with Crippen molar-refractivity contribution < 1.29 is 23.3 Å². The third kappa shape index (κ3) is 4.96. The van der Waals surface area contributed by atoms with Crippen molar-refractivity contribution in [2.24, 2.45) is 0 Å². The number of rotatable bonds is 7. The predicted molar refractivity (Wildman–Crippen MR) is 122 cm³/mol. The van der Waals surface area contributed by atoms with Crippen LogP contribution in [0.1, 0.15) is 32.2 Å². The Hall–Kier alpha value is -4.72. The third-order valence-corrected chi connectivity index (χ3v) is 4.92. The summed E-state index contributed by atoms with van der Waals surface area (Å²) in [5.41, 5.74) is 2.14. The molecule has 0 fully saturated rings. The van der Waals surface area contributed by atoms with Gasteiger partial charge < -0.3 is 14.2 Å². The van der Waals surface area contributed by atoms with Gasteiger partial charge in [0.25, 0.3) is 11.6 Å². The maximum atomic E-state index is 12.5. The van der Waals surface area contributed by atoms with E-state index in [1.165, 1.54) is 24.5 Å². The SMILES string of the molecule is Cc1occc1C(=O)Nc1ccc(C(=O)/C=C/c2ccc(-c3ccc([N+](=O)[O-])cc3)o2)cc1. The van der Waals surface area contributed by atoms with E-state index in [1.807, 2.05) is 0 Å². The first-order valence-electron chi connectivity index (χ1n) is 9.93. The van der Waals surface area contributed by atoms with Crippen LogP contribution in [0.2, 0.25) is 0 Å². The molecule has 164 valence electrons. The lowest BCUT2D eigenvalue weighted by atomic mass is 10.1. The maximum Gasteiger partial charge on any atom is 0.269 e. The van der Waals surface area contributed by atoms with Gasteiger partial charge in [-0.25, -0.2) is 0 Å². The van der Waals surface area contributed by atoms with Gasteiger partial charge in [-0.1, -0.05) is 0 Å². The number of hydrogen-bond acceptors (Lipinski definition) is 6. The lowest BCUT2D eigenvalue weighted by Crippen LogP contribution is -2.12. The first-order valence-corrected chi connectivity index (χ1v) is 9.93. The second-order valence-electron chi connectivity index (χ2n) is 7.13. The third-order valence-electron chi connectivity index (χ3n) is 4.92. The summed E-state index contributed by atoms with van der Waals surface area (Å²) in [6.07, 6.45) is 4.39. The van der Waals surface area contributed by atoms with Crippen molar-refractivity contribution in [2.75, 3.05) is 5.32 Å². The summed E-state index contributed by atoms with van der Waals surface area (Å²) in [6.45, 7) is 1.71. The van der Waals surface area contributed by atoms with Gasteiger partial charge in [0.15, 0.2) is 5.78 Å². The minimum absolute atomic E-state index is 0.00167. The molecule has 0 atom stereocenters. The summed E-state index contributed by atoms with van der Waals surface area (Å²) in [5, 5.41) is 13.5. The number of nitro benzene ring substituents is 1. The van der Waals surface area contributed by atoms with Gasteiger partial charge in [0.05, 0.1) is 16.7 Å². The lowest BCUT2D eigenvalue weighted by molar-refractivity contribution is -0.384. The van der Waals surface area contributed by atoms with E-state index in [2.05, 4.69) is 5.32 Å². The molecular weight excluding hydrogens is 424 g/mol. The number of allylic oxidation sites excluding steroid dienone is 1. The topological polar surface area (TPSA) is 116 Å². The first kappa shape index (κ1) is 21.5. The Morgan fingerprint density at radius 1 is 0.970 bits per heavy atom. The van der Waals surface area contributed by atoms with Crippen LogP contribution in [0, 0.1) is 17.0 Å². The molecule has 0 spiro atoms. The molecule has 33 heavy (non-hydrogen) atoms. The number of aryl methyl sites for hydroxylation is 1. The zero-order valence-electron chi connectivity index (χ0n) is 17.5. The molecule has 1 N–H and O–H groups in total. The molecule has 2 aromatic carbocycles. The minimum atomic E-state index is -0.466. The first-order chi connectivity index (χ1) is 15.9. The molecule has 4 aromatic rings. The second-order valence-corrected chi connectivity index (χ2v) is 7.13. The van der Waals surface area contributed by atoms with E-state index in [0.717, 1.165) is 0 Å². The molecule has 8 nitrogen and oxygen atoms in total. The Morgan fingerprint density at radius 2 is 1.70 bits per heavy atom. The number of nitro groups is 1. The quantitative estimate of drug-likeness (QED) is 0.165. The number of amides is 1. The highest BCUT2D eigenvalue weighted by Crippen LogP contribution is 2.25. The molecule has 0 saturated heterocycles. The van der Waals surface area contributed by atoms with Crippen LogP contribution in [-0.4, -0.2) is 16.6 Å². The van der Waals surface area contributed by atoms with Gasteiger partial charge in [0.1, 0.15) is 17.3 Å². The highest BCUT2D eigenvalue weighted by Gasteiger charge is 2.12. The molecule has 0 aliphatic carbocycles. The van der Waals surface area contributed by atoms with Crippen LogP contribution < -0.4 is 5.32 Å².